The second-order valence-corrected chi connectivity index (χ2v) is 4.13. The van der Waals surface area contributed by atoms with E-state index in [1.165, 1.54) is 0 Å². The van der Waals surface area contributed by atoms with Gasteiger partial charge >= 0.3 is 0 Å². The number of hydrogen-bond donors (Lipinski definition) is 3. The molecule has 1 rings (SSSR count). The quantitative estimate of drug-likeness (QED) is 0.707. The molecule has 1 atom stereocenters. The predicted octanol–water partition coefficient (Wildman–Crippen LogP) is 1.15. The molecule has 1 unspecified atom stereocenters. The lowest BCUT2D eigenvalue weighted by Crippen LogP contribution is -2.35. The predicted molar refractivity (Wildman–Crippen MR) is 72.7 cm³/mol. The Bertz CT molecular complexity index is 407. The zero-order chi connectivity index (χ0) is 13.5. The van der Waals surface area contributed by atoms with Crippen molar-refractivity contribution in [2.75, 3.05) is 24.2 Å². The second kappa shape index (κ2) is 6.78. The normalized spacial score (nSPS) is 11.8. The first-order chi connectivity index (χ1) is 8.56. The van der Waals surface area contributed by atoms with Gasteiger partial charge in [-0.05, 0) is 20.3 Å². The first-order valence-electron chi connectivity index (χ1n) is 6.14. The molecule has 1 amide bonds. The number of aromatic nitrogens is 2. The number of rotatable bonds is 6. The number of nitrogens with zero attached hydrogens (tertiary/aromatic N) is 2. The van der Waals surface area contributed by atoms with Crippen molar-refractivity contribution in [3.63, 3.8) is 0 Å². The van der Waals surface area contributed by atoms with Crippen LogP contribution in [0.1, 0.15) is 26.0 Å². The number of carbonyl (C=O) groups excluding carboxylic acids is 1. The minimum atomic E-state index is -0.330. The molecule has 6 heteroatoms. The van der Waals surface area contributed by atoms with Crippen LogP contribution in [0.25, 0.3) is 0 Å². The maximum absolute atomic E-state index is 11.4. The highest BCUT2D eigenvalue weighted by Gasteiger charge is 2.11. The van der Waals surface area contributed by atoms with Crippen molar-refractivity contribution in [2.45, 2.75) is 33.2 Å². The Morgan fingerprint density at radius 3 is 2.78 bits per heavy atom. The molecular formula is C12H21N5O. The van der Waals surface area contributed by atoms with E-state index in [0.29, 0.717) is 11.8 Å². The summed E-state index contributed by atoms with van der Waals surface area (Å²) in [5, 5.41) is 8.76. The molecule has 0 aromatic carbocycles. The van der Waals surface area contributed by atoms with E-state index in [2.05, 4.69) is 32.8 Å². The zero-order valence-electron chi connectivity index (χ0n) is 11.4. The van der Waals surface area contributed by atoms with Crippen LogP contribution in [0.15, 0.2) is 6.07 Å². The van der Waals surface area contributed by atoms with Crippen LogP contribution in [-0.4, -0.2) is 35.5 Å². The van der Waals surface area contributed by atoms with Gasteiger partial charge in [0.2, 0.25) is 11.9 Å². The molecular weight excluding hydrogens is 230 g/mol. The number of anilines is 2. The van der Waals surface area contributed by atoms with Gasteiger partial charge in [0, 0.05) is 25.4 Å². The van der Waals surface area contributed by atoms with Crippen molar-refractivity contribution >= 4 is 17.7 Å². The lowest BCUT2D eigenvalue weighted by molar-refractivity contribution is -0.121. The van der Waals surface area contributed by atoms with Crippen LogP contribution in [0.4, 0.5) is 11.8 Å². The molecule has 6 nitrogen and oxygen atoms in total. The van der Waals surface area contributed by atoms with Crippen LogP contribution >= 0.6 is 0 Å². The lowest BCUT2D eigenvalue weighted by Gasteiger charge is -2.14. The summed E-state index contributed by atoms with van der Waals surface area (Å²) in [5.74, 6) is 1.16. The van der Waals surface area contributed by atoms with Gasteiger partial charge in [-0.15, -0.1) is 0 Å². The molecule has 0 radical (unpaired) electrons. The van der Waals surface area contributed by atoms with E-state index in [1.54, 1.807) is 14.0 Å². The summed E-state index contributed by atoms with van der Waals surface area (Å²) < 4.78 is 0. The molecule has 1 aromatic rings. The van der Waals surface area contributed by atoms with Gasteiger partial charge in [0.05, 0.1) is 0 Å². The standard InChI is InChI=1S/C12H21N5O/c1-5-6-14-12-15-8(2)7-10(17-12)16-9(3)11(18)13-4/h7,9H,5-6H2,1-4H3,(H,13,18)(H2,14,15,16,17). The topological polar surface area (TPSA) is 78.9 Å². The summed E-state index contributed by atoms with van der Waals surface area (Å²) in [5.41, 5.74) is 0.857. The summed E-state index contributed by atoms with van der Waals surface area (Å²) in [6, 6.07) is 1.49. The lowest BCUT2D eigenvalue weighted by atomic mass is 10.3. The third-order valence-corrected chi connectivity index (χ3v) is 2.39. The maximum atomic E-state index is 11.4. The van der Waals surface area contributed by atoms with Crippen molar-refractivity contribution < 1.29 is 4.79 Å². The van der Waals surface area contributed by atoms with E-state index < -0.39 is 0 Å². The minimum absolute atomic E-state index is 0.0747. The maximum Gasteiger partial charge on any atom is 0.241 e. The summed E-state index contributed by atoms with van der Waals surface area (Å²) in [6.45, 7) is 6.59. The van der Waals surface area contributed by atoms with Gasteiger partial charge in [-0.1, -0.05) is 6.92 Å². The van der Waals surface area contributed by atoms with E-state index in [1.807, 2.05) is 13.0 Å². The van der Waals surface area contributed by atoms with Crippen LogP contribution in [0, 0.1) is 6.92 Å². The number of likely N-dealkylation sites (N-methyl/N-ethyl adjacent to an activating group) is 1. The Hall–Kier alpha value is -1.85. The van der Waals surface area contributed by atoms with Crippen molar-refractivity contribution in [2.24, 2.45) is 0 Å². The van der Waals surface area contributed by atoms with Gasteiger partial charge in [0.15, 0.2) is 0 Å². The molecule has 0 bridgehead atoms. The first kappa shape index (κ1) is 14.2. The number of amides is 1. The van der Waals surface area contributed by atoms with Gasteiger partial charge in [0.25, 0.3) is 0 Å². The summed E-state index contributed by atoms with van der Waals surface area (Å²) in [6.07, 6.45) is 1.01. The van der Waals surface area contributed by atoms with Crippen molar-refractivity contribution in [3.8, 4) is 0 Å². The molecule has 18 heavy (non-hydrogen) atoms. The molecule has 0 saturated carbocycles. The van der Waals surface area contributed by atoms with Crippen LogP contribution in [0.5, 0.6) is 0 Å². The highest BCUT2D eigenvalue weighted by molar-refractivity contribution is 5.83. The van der Waals surface area contributed by atoms with E-state index in [4.69, 9.17) is 0 Å². The molecule has 0 aliphatic carbocycles. The molecule has 100 valence electrons. The molecule has 0 saturated heterocycles. The van der Waals surface area contributed by atoms with Crippen molar-refractivity contribution in [3.05, 3.63) is 11.8 Å². The Balaban J connectivity index is 2.76. The van der Waals surface area contributed by atoms with E-state index in [-0.39, 0.29) is 11.9 Å². The minimum Gasteiger partial charge on any atom is -0.358 e. The monoisotopic (exact) mass is 251 g/mol. The molecule has 3 N–H and O–H groups in total. The first-order valence-corrected chi connectivity index (χ1v) is 6.14. The third kappa shape index (κ3) is 4.20. The Morgan fingerprint density at radius 2 is 2.17 bits per heavy atom. The van der Waals surface area contributed by atoms with Gasteiger partial charge < -0.3 is 16.0 Å². The number of aryl methyl sites for hydroxylation is 1. The molecule has 1 heterocycles. The molecule has 0 spiro atoms. The second-order valence-electron chi connectivity index (χ2n) is 4.13. The third-order valence-electron chi connectivity index (χ3n) is 2.39. The van der Waals surface area contributed by atoms with Crippen LogP contribution in [0.3, 0.4) is 0 Å². The zero-order valence-corrected chi connectivity index (χ0v) is 11.4. The highest BCUT2D eigenvalue weighted by atomic mass is 16.2. The number of hydrogen-bond acceptors (Lipinski definition) is 5. The smallest absolute Gasteiger partial charge is 0.241 e. The highest BCUT2D eigenvalue weighted by Crippen LogP contribution is 2.10. The van der Waals surface area contributed by atoms with E-state index >= 15 is 0 Å². The Labute approximate surface area is 108 Å². The van der Waals surface area contributed by atoms with Crippen molar-refractivity contribution in [1.82, 2.24) is 15.3 Å². The van der Waals surface area contributed by atoms with Crippen LogP contribution < -0.4 is 16.0 Å². The number of nitrogens with one attached hydrogen (secondary N) is 3. The van der Waals surface area contributed by atoms with Crippen molar-refractivity contribution in [1.29, 1.82) is 0 Å². The number of carbonyl (C=O) groups is 1. The molecule has 0 aliphatic heterocycles. The Morgan fingerprint density at radius 1 is 1.44 bits per heavy atom. The van der Waals surface area contributed by atoms with Gasteiger partial charge in [0.1, 0.15) is 11.9 Å². The fourth-order valence-electron chi connectivity index (χ4n) is 1.46. The average Bonchev–Trinajstić information content (AvgIpc) is 2.34. The van der Waals surface area contributed by atoms with Gasteiger partial charge in [-0.2, -0.15) is 4.98 Å². The summed E-state index contributed by atoms with van der Waals surface area (Å²) in [4.78, 5) is 20.0. The van der Waals surface area contributed by atoms with Crippen LogP contribution in [-0.2, 0) is 4.79 Å². The van der Waals surface area contributed by atoms with Gasteiger partial charge in [-0.25, -0.2) is 4.98 Å². The fraction of sp³-hybridized carbons (Fsp3) is 0.583. The van der Waals surface area contributed by atoms with E-state index in [0.717, 1.165) is 18.7 Å². The summed E-state index contributed by atoms with van der Waals surface area (Å²) >= 11 is 0. The molecule has 0 fully saturated rings. The fourth-order valence-corrected chi connectivity index (χ4v) is 1.46. The Kier molecular flexibility index (Phi) is 5.35. The average molecular weight is 251 g/mol. The SMILES string of the molecule is CCCNc1nc(C)cc(NC(C)C(=O)NC)n1. The largest absolute Gasteiger partial charge is 0.358 e. The summed E-state index contributed by atoms with van der Waals surface area (Å²) in [7, 11) is 1.61. The van der Waals surface area contributed by atoms with Crippen LogP contribution in [0.2, 0.25) is 0 Å². The van der Waals surface area contributed by atoms with Gasteiger partial charge in [-0.3, -0.25) is 4.79 Å². The molecule has 1 aromatic heterocycles. The molecule has 0 aliphatic rings. The van der Waals surface area contributed by atoms with E-state index in [9.17, 15) is 4.79 Å².